The quantitative estimate of drug-likeness (QED) is 0.874. The van der Waals surface area contributed by atoms with Gasteiger partial charge in [0.25, 0.3) is 0 Å². The normalized spacial score (nSPS) is 17.0. The first kappa shape index (κ1) is 13.4. The molecule has 1 aliphatic heterocycles. The molecule has 0 spiro atoms. The summed E-state index contributed by atoms with van der Waals surface area (Å²) in [4.78, 5) is 16.9. The molecule has 0 bridgehead atoms. The molecule has 1 unspecified atom stereocenters. The lowest BCUT2D eigenvalue weighted by atomic mass is 10.0. The molecular weight excluding hydrogens is 264 g/mol. The van der Waals surface area contributed by atoms with Crippen LogP contribution in [-0.4, -0.2) is 31.3 Å². The number of Topliss-reactive ketones (excluding diaryl/α,β-unsaturated/α-hetero) is 1. The molecule has 0 aromatic heterocycles. The van der Waals surface area contributed by atoms with Crippen LogP contribution in [0.3, 0.4) is 0 Å². The maximum Gasteiger partial charge on any atom is 0.186 e. The molecule has 0 fully saturated rings. The average molecular weight is 280 g/mol. The van der Waals surface area contributed by atoms with E-state index >= 15 is 0 Å². The molecule has 1 aliphatic rings. The molecule has 0 saturated carbocycles. The Morgan fingerprint density at radius 2 is 1.86 bits per heavy atom. The van der Waals surface area contributed by atoms with Crippen LogP contribution in [0.1, 0.15) is 15.9 Å². The standard InChI is InChI=1S/C17H16N2O2/c1-21-14-9-7-12(8-10-14)16(20)15-11-18-17(19-15)13-5-3-2-4-6-13/h2-10,15H,11H2,1H3,(H,18,19). The Morgan fingerprint density at radius 3 is 2.52 bits per heavy atom. The molecule has 21 heavy (non-hydrogen) atoms. The van der Waals surface area contributed by atoms with Crippen LogP contribution in [-0.2, 0) is 0 Å². The van der Waals surface area contributed by atoms with Gasteiger partial charge in [-0.15, -0.1) is 0 Å². The Labute approximate surface area is 123 Å². The number of hydrogen-bond acceptors (Lipinski definition) is 4. The molecule has 1 N–H and O–H groups in total. The van der Waals surface area contributed by atoms with Crippen molar-refractivity contribution in [1.29, 1.82) is 0 Å². The van der Waals surface area contributed by atoms with E-state index in [0.717, 1.165) is 17.1 Å². The van der Waals surface area contributed by atoms with E-state index in [1.807, 2.05) is 30.3 Å². The van der Waals surface area contributed by atoms with Crippen molar-refractivity contribution in [3.63, 3.8) is 0 Å². The third kappa shape index (κ3) is 2.79. The lowest BCUT2D eigenvalue weighted by molar-refractivity contribution is 0.0959. The van der Waals surface area contributed by atoms with Gasteiger partial charge < -0.3 is 10.1 Å². The SMILES string of the molecule is COc1ccc(C(=O)C2CN=C(c3ccccc3)N2)cc1. The lowest BCUT2D eigenvalue weighted by Gasteiger charge is -2.11. The van der Waals surface area contributed by atoms with Crippen molar-refractivity contribution in [1.82, 2.24) is 5.32 Å². The first-order valence-corrected chi connectivity index (χ1v) is 6.82. The van der Waals surface area contributed by atoms with Crippen LogP contribution in [0.15, 0.2) is 59.6 Å². The van der Waals surface area contributed by atoms with Gasteiger partial charge >= 0.3 is 0 Å². The highest BCUT2D eigenvalue weighted by molar-refractivity contribution is 6.08. The zero-order valence-corrected chi connectivity index (χ0v) is 11.7. The van der Waals surface area contributed by atoms with Crippen LogP contribution in [0.4, 0.5) is 0 Å². The second-order valence-electron chi connectivity index (χ2n) is 4.84. The van der Waals surface area contributed by atoms with Gasteiger partial charge in [-0.25, -0.2) is 0 Å². The number of carbonyl (C=O) groups is 1. The van der Waals surface area contributed by atoms with Crippen LogP contribution < -0.4 is 10.1 Å². The fourth-order valence-electron chi connectivity index (χ4n) is 2.31. The molecule has 2 aromatic carbocycles. The monoisotopic (exact) mass is 280 g/mol. The fourth-order valence-corrected chi connectivity index (χ4v) is 2.31. The summed E-state index contributed by atoms with van der Waals surface area (Å²) in [6.07, 6.45) is 0. The van der Waals surface area contributed by atoms with Crippen molar-refractivity contribution in [3.8, 4) is 5.75 Å². The molecular formula is C17H16N2O2. The number of nitrogens with one attached hydrogen (secondary N) is 1. The first-order chi connectivity index (χ1) is 10.3. The van der Waals surface area contributed by atoms with Crippen LogP contribution >= 0.6 is 0 Å². The van der Waals surface area contributed by atoms with Gasteiger partial charge in [-0.2, -0.15) is 0 Å². The van der Waals surface area contributed by atoms with E-state index in [9.17, 15) is 4.79 Å². The average Bonchev–Trinajstić information content (AvgIpc) is 3.05. The summed E-state index contributed by atoms with van der Waals surface area (Å²) in [5.74, 6) is 1.57. The topological polar surface area (TPSA) is 50.7 Å². The van der Waals surface area contributed by atoms with Crippen LogP contribution in [0.2, 0.25) is 0 Å². The van der Waals surface area contributed by atoms with Crippen molar-refractivity contribution < 1.29 is 9.53 Å². The highest BCUT2D eigenvalue weighted by Crippen LogP contribution is 2.15. The number of ether oxygens (including phenoxy) is 1. The molecule has 2 aromatic rings. The second kappa shape index (κ2) is 5.79. The molecule has 1 atom stereocenters. The van der Waals surface area contributed by atoms with Crippen molar-refractivity contribution in [2.45, 2.75) is 6.04 Å². The van der Waals surface area contributed by atoms with Crippen LogP contribution in [0, 0.1) is 0 Å². The predicted molar refractivity (Wildman–Crippen MR) is 82.1 cm³/mol. The number of carbonyl (C=O) groups excluding carboxylic acids is 1. The minimum absolute atomic E-state index is 0.0485. The summed E-state index contributed by atoms with van der Waals surface area (Å²) in [6, 6.07) is 16.7. The van der Waals surface area contributed by atoms with E-state index in [4.69, 9.17) is 4.74 Å². The van der Waals surface area contributed by atoms with E-state index in [0.29, 0.717) is 12.1 Å². The third-order valence-electron chi connectivity index (χ3n) is 3.48. The Balaban J connectivity index is 1.70. The molecule has 0 amide bonds. The molecule has 4 nitrogen and oxygen atoms in total. The van der Waals surface area contributed by atoms with E-state index in [1.165, 1.54) is 0 Å². The summed E-state index contributed by atoms with van der Waals surface area (Å²) in [7, 11) is 1.61. The van der Waals surface area contributed by atoms with Crippen molar-refractivity contribution in [2.24, 2.45) is 4.99 Å². The van der Waals surface area contributed by atoms with Crippen LogP contribution in [0.25, 0.3) is 0 Å². The molecule has 0 saturated heterocycles. The number of ketones is 1. The van der Waals surface area contributed by atoms with Gasteiger partial charge in [0.2, 0.25) is 0 Å². The Hall–Kier alpha value is -2.62. The predicted octanol–water partition coefficient (Wildman–Crippen LogP) is 2.30. The molecule has 3 rings (SSSR count). The Kier molecular flexibility index (Phi) is 3.69. The largest absolute Gasteiger partial charge is 0.497 e. The van der Waals surface area contributed by atoms with Crippen LogP contribution in [0.5, 0.6) is 5.75 Å². The van der Waals surface area contributed by atoms with E-state index in [2.05, 4.69) is 10.3 Å². The Morgan fingerprint density at radius 1 is 1.14 bits per heavy atom. The highest BCUT2D eigenvalue weighted by Gasteiger charge is 2.25. The first-order valence-electron chi connectivity index (χ1n) is 6.82. The smallest absolute Gasteiger partial charge is 0.186 e. The number of amidine groups is 1. The Bertz CT molecular complexity index is 663. The van der Waals surface area contributed by atoms with Gasteiger partial charge in [0.15, 0.2) is 5.78 Å². The maximum absolute atomic E-state index is 12.4. The summed E-state index contributed by atoms with van der Waals surface area (Å²) in [5.41, 5.74) is 1.67. The number of rotatable bonds is 4. The number of methoxy groups -OCH3 is 1. The highest BCUT2D eigenvalue weighted by atomic mass is 16.5. The van der Waals surface area contributed by atoms with Gasteiger partial charge in [0, 0.05) is 11.1 Å². The van der Waals surface area contributed by atoms with Crippen molar-refractivity contribution >= 4 is 11.6 Å². The van der Waals surface area contributed by atoms with Gasteiger partial charge in [0.05, 0.1) is 13.7 Å². The summed E-state index contributed by atoms with van der Waals surface area (Å²) >= 11 is 0. The molecule has 1 heterocycles. The summed E-state index contributed by atoms with van der Waals surface area (Å²) in [5, 5.41) is 3.20. The number of aliphatic imine (C=N–C) groups is 1. The van der Waals surface area contributed by atoms with Gasteiger partial charge in [-0.05, 0) is 24.3 Å². The summed E-state index contributed by atoms with van der Waals surface area (Å²) < 4.78 is 5.10. The molecule has 0 aliphatic carbocycles. The van der Waals surface area contributed by atoms with E-state index < -0.39 is 0 Å². The molecule has 4 heteroatoms. The lowest BCUT2D eigenvalue weighted by Crippen LogP contribution is -2.37. The van der Waals surface area contributed by atoms with Crippen molar-refractivity contribution in [2.75, 3.05) is 13.7 Å². The minimum atomic E-state index is -0.298. The number of nitrogens with zero attached hydrogens (tertiary/aromatic N) is 1. The van der Waals surface area contributed by atoms with Gasteiger partial charge in [-0.3, -0.25) is 9.79 Å². The third-order valence-corrected chi connectivity index (χ3v) is 3.48. The van der Waals surface area contributed by atoms with Crippen molar-refractivity contribution in [3.05, 3.63) is 65.7 Å². The maximum atomic E-state index is 12.4. The van der Waals surface area contributed by atoms with Gasteiger partial charge in [-0.1, -0.05) is 30.3 Å². The molecule has 0 radical (unpaired) electrons. The van der Waals surface area contributed by atoms with E-state index in [1.54, 1.807) is 31.4 Å². The summed E-state index contributed by atoms with van der Waals surface area (Å²) in [6.45, 7) is 0.467. The fraction of sp³-hybridized carbons (Fsp3) is 0.176. The number of benzene rings is 2. The zero-order chi connectivity index (χ0) is 14.7. The minimum Gasteiger partial charge on any atom is -0.497 e. The van der Waals surface area contributed by atoms with Gasteiger partial charge in [0.1, 0.15) is 17.6 Å². The molecule has 106 valence electrons. The number of hydrogen-bond donors (Lipinski definition) is 1. The van der Waals surface area contributed by atoms with E-state index in [-0.39, 0.29) is 11.8 Å². The second-order valence-corrected chi connectivity index (χ2v) is 4.84. The zero-order valence-electron chi connectivity index (χ0n) is 11.7.